The van der Waals surface area contributed by atoms with E-state index in [1.165, 1.54) is 5.69 Å². The third-order valence-corrected chi connectivity index (χ3v) is 4.91. The van der Waals surface area contributed by atoms with Crippen LogP contribution >= 0.6 is 0 Å². The van der Waals surface area contributed by atoms with Crippen molar-refractivity contribution in [3.63, 3.8) is 0 Å². The molecule has 0 bridgehead atoms. The average molecular weight is 309 g/mol. The first-order chi connectivity index (χ1) is 11.3. The first-order valence-corrected chi connectivity index (χ1v) is 8.37. The van der Waals surface area contributed by atoms with Crippen molar-refractivity contribution in [3.8, 4) is 0 Å². The third kappa shape index (κ3) is 3.01. The van der Waals surface area contributed by atoms with E-state index in [0.29, 0.717) is 6.04 Å². The van der Waals surface area contributed by atoms with Gasteiger partial charge in [0, 0.05) is 69.1 Å². The number of piperazine rings is 1. The Morgan fingerprint density at radius 3 is 2.43 bits per heavy atom. The molecule has 0 saturated carbocycles. The lowest BCUT2D eigenvalue weighted by Gasteiger charge is -2.49. The summed E-state index contributed by atoms with van der Waals surface area (Å²) in [6, 6.07) is 11.1. The Labute approximate surface area is 137 Å². The first-order valence-electron chi connectivity index (χ1n) is 8.37. The lowest BCUT2D eigenvalue weighted by atomic mass is 10.0. The van der Waals surface area contributed by atoms with Crippen LogP contribution in [0.15, 0.2) is 42.7 Å². The second kappa shape index (κ2) is 6.16. The van der Waals surface area contributed by atoms with E-state index in [0.717, 1.165) is 50.8 Å². The van der Waals surface area contributed by atoms with Crippen LogP contribution in [0.3, 0.4) is 0 Å². The van der Waals surface area contributed by atoms with Crippen LogP contribution in [0.4, 0.5) is 11.5 Å². The van der Waals surface area contributed by atoms with Crippen molar-refractivity contribution < 1.29 is 0 Å². The fourth-order valence-corrected chi connectivity index (χ4v) is 3.48. The van der Waals surface area contributed by atoms with E-state index in [1.807, 2.05) is 18.5 Å². The van der Waals surface area contributed by atoms with E-state index in [4.69, 9.17) is 0 Å². The van der Waals surface area contributed by atoms with Gasteiger partial charge in [0.15, 0.2) is 0 Å². The highest BCUT2D eigenvalue weighted by Gasteiger charge is 2.33. The summed E-state index contributed by atoms with van der Waals surface area (Å²) < 4.78 is 0. The SMILES string of the molecule is Cc1cc(N2CC(N3CCN(c4ccccn4)CC3)C2)ccn1. The second-order valence-corrected chi connectivity index (χ2v) is 6.43. The molecule has 2 saturated heterocycles. The van der Waals surface area contributed by atoms with Crippen LogP contribution < -0.4 is 9.80 Å². The lowest BCUT2D eigenvalue weighted by molar-refractivity contribution is 0.157. The summed E-state index contributed by atoms with van der Waals surface area (Å²) in [4.78, 5) is 16.2. The maximum Gasteiger partial charge on any atom is 0.128 e. The fraction of sp³-hybridized carbons (Fsp3) is 0.444. The Balaban J connectivity index is 1.29. The molecule has 0 aromatic carbocycles. The first kappa shape index (κ1) is 14.5. The number of nitrogens with zero attached hydrogens (tertiary/aromatic N) is 5. The zero-order valence-electron chi connectivity index (χ0n) is 13.6. The van der Waals surface area contributed by atoms with Gasteiger partial charge in [-0.2, -0.15) is 0 Å². The Kier molecular flexibility index (Phi) is 3.87. The summed E-state index contributed by atoms with van der Waals surface area (Å²) in [6.45, 7) is 8.72. The molecule has 0 N–H and O–H groups in total. The summed E-state index contributed by atoms with van der Waals surface area (Å²) in [6.07, 6.45) is 3.78. The molecule has 5 nitrogen and oxygen atoms in total. The van der Waals surface area contributed by atoms with Gasteiger partial charge >= 0.3 is 0 Å². The fourth-order valence-electron chi connectivity index (χ4n) is 3.48. The van der Waals surface area contributed by atoms with Crippen LogP contribution in [0.1, 0.15) is 5.69 Å². The molecule has 2 fully saturated rings. The summed E-state index contributed by atoms with van der Waals surface area (Å²) >= 11 is 0. The van der Waals surface area contributed by atoms with Crippen molar-refractivity contribution in [1.82, 2.24) is 14.9 Å². The van der Waals surface area contributed by atoms with Gasteiger partial charge in [-0.3, -0.25) is 9.88 Å². The van der Waals surface area contributed by atoms with Gasteiger partial charge in [-0.05, 0) is 31.2 Å². The highest BCUT2D eigenvalue weighted by Crippen LogP contribution is 2.25. The van der Waals surface area contributed by atoms with Gasteiger partial charge in [-0.1, -0.05) is 6.07 Å². The highest BCUT2D eigenvalue weighted by atomic mass is 15.4. The predicted octanol–water partition coefficient (Wildman–Crippen LogP) is 1.80. The number of hydrogen-bond donors (Lipinski definition) is 0. The molecule has 4 rings (SSSR count). The van der Waals surface area contributed by atoms with Gasteiger partial charge in [0.2, 0.25) is 0 Å². The second-order valence-electron chi connectivity index (χ2n) is 6.43. The molecule has 0 amide bonds. The molecule has 4 heterocycles. The molecule has 23 heavy (non-hydrogen) atoms. The number of hydrogen-bond acceptors (Lipinski definition) is 5. The van der Waals surface area contributed by atoms with Crippen LogP contribution in [0.5, 0.6) is 0 Å². The van der Waals surface area contributed by atoms with Crippen molar-refractivity contribution in [2.75, 3.05) is 49.1 Å². The number of pyridine rings is 2. The normalized spacial score (nSPS) is 19.7. The Morgan fingerprint density at radius 1 is 0.913 bits per heavy atom. The van der Waals surface area contributed by atoms with Crippen LogP contribution in [0, 0.1) is 6.92 Å². The number of anilines is 2. The summed E-state index contributed by atoms with van der Waals surface area (Å²) in [7, 11) is 0. The van der Waals surface area contributed by atoms with Crippen molar-refractivity contribution in [1.29, 1.82) is 0 Å². The van der Waals surface area contributed by atoms with Gasteiger partial charge < -0.3 is 9.80 Å². The molecule has 0 unspecified atom stereocenters. The van der Waals surface area contributed by atoms with E-state index in [9.17, 15) is 0 Å². The minimum absolute atomic E-state index is 0.689. The molecule has 5 heteroatoms. The minimum Gasteiger partial charge on any atom is -0.368 e. The number of rotatable bonds is 3. The largest absolute Gasteiger partial charge is 0.368 e. The smallest absolute Gasteiger partial charge is 0.128 e. The molecule has 0 aliphatic carbocycles. The van der Waals surface area contributed by atoms with Crippen molar-refractivity contribution in [2.24, 2.45) is 0 Å². The molecule has 120 valence electrons. The highest BCUT2D eigenvalue weighted by molar-refractivity contribution is 5.49. The van der Waals surface area contributed by atoms with Crippen LogP contribution in [-0.2, 0) is 0 Å². The standard InChI is InChI=1S/C18H23N5/c1-15-12-16(5-7-19-15)23-13-17(14-23)21-8-10-22(11-9-21)18-4-2-3-6-20-18/h2-7,12,17H,8-11,13-14H2,1H3. The van der Waals surface area contributed by atoms with Gasteiger partial charge in [0.05, 0.1) is 0 Å². The van der Waals surface area contributed by atoms with Gasteiger partial charge in [0.25, 0.3) is 0 Å². The molecule has 0 radical (unpaired) electrons. The minimum atomic E-state index is 0.689. The van der Waals surface area contributed by atoms with E-state index in [-0.39, 0.29) is 0 Å². The molecule has 0 spiro atoms. The zero-order valence-corrected chi connectivity index (χ0v) is 13.6. The monoisotopic (exact) mass is 309 g/mol. The van der Waals surface area contributed by atoms with Crippen molar-refractivity contribution in [3.05, 3.63) is 48.4 Å². The maximum atomic E-state index is 4.46. The molecule has 2 aliphatic rings. The number of aromatic nitrogens is 2. The molecule has 2 aliphatic heterocycles. The van der Waals surface area contributed by atoms with Crippen LogP contribution in [0.2, 0.25) is 0 Å². The van der Waals surface area contributed by atoms with Crippen LogP contribution in [0.25, 0.3) is 0 Å². The zero-order chi connectivity index (χ0) is 15.6. The molecular weight excluding hydrogens is 286 g/mol. The molecular formula is C18H23N5. The van der Waals surface area contributed by atoms with Crippen molar-refractivity contribution in [2.45, 2.75) is 13.0 Å². The van der Waals surface area contributed by atoms with E-state index in [1.54, 1.807) is 0 Å². The van der Waals surface area contributed by atoms with Crippen LogP contribution in [-0.4, -0.2) is 60.2 Å². The lowest BCUT2D eigenvalue weighted by Crippen LogP contribution is -2.63. The Bertz CT molecular complexity index is 645. The third-order valence-electron chi connectivity index (χ3n) is 4.91. The van der Waals surface area contributed by atoms with Gasteiger partial charge in [-0.25, -0.2) is 4.98 Å². The summed E-state index contributed by atoms with van der Waals surface area (Å²) in [5.74, 6) is 1.11. The predicted molar refractivity (Wildman–Crippen MR) is 93.0 cm³/mol. The summed E-state index contributed by atoms with van der Waals surface area (Å²) in [5, 5.41) is 0. The summed E-state index contributed by atoms with van der Waals surface area (Å²) in [5.41, 5.74) is 2.40. The quantitative estimate of drug-likeness (QED) is 0.864. The molecule has 2 aromatic heterocycles. The maximum absolute atomic E-state index is 4.46. The van der Waals surface area contributed by atoms with Gasteiger partial charge in [0.1, 0.15) is 5.82 Å². The van der Waals surface area contributed by atoms with E-state index in [2.05, 4.69) is 55.9 Å². The Morgan fingerprint density at radius 2 is 1.74 bits per heavy atom. The van der Waals surface area contributed by atoms with E-state index >= 15 is 0 Å². The average Bonchev–Trinajstić information content (AvgIpc) is 2.55. The molecule has 0 atom stereocenters. The van der Waals surface area contributed by atoms with Gasteiger partial charge in [-0.15, -0.1) is 0 Å². The molecule has 2 aromatic rings. The van der Waals surface area contributed by atoms with E-state index < -0.39 is 0 Å². The topological polar surface area (TPSA) is 35.5 Å². The Hall–Kier alpha value is -2.14. The number of aryl methyl sites for hydroxylation is 1. The van der Waals surface area contributed by atoms with Crippen molar-refractivity contribution >= 4 is 11.5 Å².